The van der Waals surface area contributed by atoms with Crippen LogP contribution < -0.4 is 5.32 Å². The van der Waals surface area contributed by atoms with Crippen molar-refractivity contribution in [3.63, 3.8) is 0 Å². The standard InChI is InChI=1S/C8H10N4S/c1-4-6-7(13-12-4)5(2)10-8(9-3)11-6/h1-3H3,(H,9,10,11). The van der Waals surface area contributed by atoms with Crippen LogP contribution in [0, 0.1) is 13.8 Å². The normalized spacial score (nSPS) is 10.7. The molecule has 0 atom stereocenters. The fraction of sp³-hybridized carbons (Fsp3) is 0.375. The Morgan fingerprint density at radius 1 is 1.15 bits per heavy atom. The lowest BCUT2D eigenvalue weighted by molar-refractivity contribution is 1.14. The summed E-state index contributed by atoms with van der Waals surface area (Å²) in [6.07, 6.45) is 0. The molecule has 0 amide bonds. The third kappa shape index (κ3) is 1.25. The largest absolute Gasteiger partial charge is 0.357 e. The second kappa shape index (κ2) is 2.92. The van der Waals surface area contributed by atoms with E-state index in [0.717, 1.165) is 21.6 Å². The first-order chi connectivity index (χ1) is 6.22. The second-order valence-electron chi connectivity index (χ2n) is 2.83. The molecule has 0 unspecified atom stereocenters. The second-order valence-corrected chi connectivity index (χ2v) is 3.60. The number of hydrogen-bond donors (Lipinski definition) is 1. The molecule has 2 rings (SSSR count). The summed E-state index contributed by atoms with van der Waals surface area (Å²) in [7, 11) is 1.82. The van der Waals surface area contributed by atoms with Gasteiger partial charge in [0.05, 0.1) is 16.1 Å². The van der Waals surface area contributed by atoms with Gasteiger partial charge in [-0.15, -0.1) is 0 Å². The molecular weight excluding hydrogens is 184 g/mol. The molecule has 0 spiro atoms. The Labute approximate surface area is 80.2 Å². The highest BCUT2D eigenvalue weighted by molar-refractivity contribution is 7.13. The predicted octanol–water partition coefficient (Wildman–Crippen LogP) is 1.74. The van der Waals surface area contributed by atoms with Gasteiger partial charge in [-0.1, -0.05) is 0 Å². The Balaban J connectivity index is 2.80. The Morgan fingerprint density at radius 2 is 1.92 bits per heavy atom. The zero-order valence-electron chi connectivity index (χ0n) is 7.75. The summed E-state index contributed by atoms with van der Waals surface area (Å²) in [4.78, 5) is 8.62. The Bertz CT molecular complexity index is 449. The maximum atomic E-state index is 4.34. The van der Waals surface area contributed by atoms with Crippen molar-refractivity contribution in [3.8, 4) is 0 Å². The fourth-order valence-electron chi connectivity index (χ4n) is 1.19. The first-order valence-corrected chi connectivity index (χ1v) is 4.78. The van der Waals surface area contributed by atoms with E-state index in [-0.39, 0.29) is 0 Å². The van der Waals surface area contributed by atoms with Crippen molar-refractivity contribution in [2.24, 2.45) is 0 Å². The van der Waals surface area contributed by atoms with Gasteiger partial charge in [0.1, 0.15) is 5.52 Å². The van der Waals surface area contributed by atoms with Crippen molar-refractivity contribution in [2.75, 3.05) is 12.4 Å². The summed E-state index contributed by atoms with van der Waals surface area (Å²) in [5.41, 5.74) is 2.92. The third-order valence-corrected chi connectivity index (χ3v) is 2.91. The van der Waals surface area contributed by atoms with Gasteiger partial charge >= 0.3 is 0 Å². The molecule has 68 valence electrons. The minimum Gasteiger partial charge on any atom is -0.357 e. The maximum Gasteiger partial charge on any atom is 0.223 e. The van der Waals surface area contributed by atoms with E-state index in [1.165, 1.54) is 11.5 Å². The number of aryl methyl sites for hydroxylation is 2. The van der Waals surface area contributed by atoms with Gasteiger partial charge in [0.2, 0.25) is 5.95 Å². The van der Waals surface area contributed by atoms with Crippen LogP contribution >= 0.6 is 11.5 Å². The van der Waals surface area contributed by atoms with E-state index in [4.69, 9.17) is 0 Å². The van der Waals surface area contributed by atoms with Gasteiger partial charge in [0.15, 0.2) is 0 Å². The molecule has 0 radical (unpaired) electrons. The molecule has 5 heteroatoms. The van der Waals surface area contributed by atoms with E-state index in [2.05, 4.69) is 19.7 Å². The SMILES string of the molecule is CNc1nc(C)c2snc(C)c2n1. The van der Waals surface area contributed by atoms with Gasteiger partial charge in [0, 0.05) is 7.05 Å². The van der Waals surface area contributed by atoms with Gasteiger partial charge in [-0.3, -0.25) is 0 Å². The van der Waals surface area contributed by atoms with E-state index < -0.39 is 0 Å². The van der Waals surface area contributed by atoms with Crippen LogP contribution in [0.5, 0.6) is 0 Å². The number of fused-ring (bicyclic) bond motifs is 1. The number of hydrogen-bond acceptors (Lipinski definition) is 5. The molecule has 4 nitrogen and oxygen atoms in total. The predicted molar refractivity (Wildman–Crippen MR) is 54.2 cm³/mol. The molecule has 2 heterocycles. The van der Waals surface area contributed by atoms with Crippen molar-refractivity contribution in [1.82, 2.24) is 14.3 Å². The monoisotopic (exact) mass is 194 g/mol. The summed E-state index contributed by atoms with van der Waals surface area (Å²) < 4.78 is 5.32. The average molecular weight is 194 g/mol. The summed E-state index contributed by atoms with van der Waals surface area (Å²) in [6.45, 7) is 3.94. The maximum absolute atomic E-state index is 4.34. The van der Waals surface area contributed by atoms with Crippen molar-refractivity contribution in [2.45, 2.75) is 13.8 Å². The van der Waals surface area contributed by atoms with Gasteiger partial charge in [-0.25, -0.2) is 9.97 Å². The number of aromatic nitrogens is 3. The van der Waals surface area contributed by atoms with Crippen molar-refractivity contribution in [1.29, 1.82) is 0 Å². The number of nitrogens with one attached hydrogen (secondary N) is 1. The Hall–Kier alpha value is -1.23. The van der Waals surface area contributed by atoms with Crippen LogP contribution in [0.4, 0.5) is 5.95 Å². The van der Waals surface area contributed by atoms with Gasteiger partial charge < -0.3 is 5.32 Å². The van der Waals surface area contributed by atoms with Crippen LogP contribution in [-0.2, 0) is 0 Å². The highest BCUT2D eigenvalue weighted by atomic mass is 32.1. The molecule has 13 heavy (non-hydrogen) atoms. The first-order valence-electron chi connectivity index (χ1n) is 4.00. The Morgan fingerprint density at radius 3 is 2.62 bits per heavy atom. The van der Waals surface area contributed by atoms with Crippen LogP contribution in [0.25, 0.3) is 10.2 Å². The third-order valence-electron chi connectivity index (χ3n) is 1.88. The van der Waals surface area contributed by atoms with Crippen molar-refractivity contribution < 1.29 is 0 Å². The topological polar surface area (TPSA) is 50.7 Å². The first kappa shape index (κ1) is 8.37. The van der Waals surface area contributed by atoms with E-state index in [1.54, 1.807) is 0 Å². The molecule has 0 aromatic carbocycles. The smallest absolute Gasteiger partial charge is 0.223 e. The van der Waals surface area contributed by atoms with Crippen LogP contribution in [0.3, 0.4) is 0 Å². The zero-order chi connectivity index (χ0) is 9.42. The van der Waals surface area contributed by atoms with E-state index >= 15 is 0 Å². The molecule has 0 saturated heterocycles. The zero-order valence-corrected chi connectivity index (χ0v) is 8.57. The quantitative estimate of drug-likeness (QED) is 0.751. The van der Waals surface area contributed by atoms with E-state index in [1.807, 2.05) is 20.9 Å². The molecule has 0 aliphatic heterocycles. The van der Waals surface area contributed by atoms with Crippen LogP contribution in [0.2, 0.25) is 0 Å². The van der Waals surface area contributed by atoms with Gasteiger partial charge in [0.25, 0.3) is 0 Å². The lowest BCUT2D eigenvalue weighted by atomic mass is 10.3. The van der Waals surface area contributed by atoms with Crippen molar-refractivity contribution >= 4 is 27.7 Å². The summed E-state index contributed by atoms with van der Waals surface area (Å²) in [5, 5.41) is 2.93. The molecule has 0 aliphatic carbocycles. The van der Waals surface area contributed by atoms with E-state index in [0.29, 0.717) is 5.95 Å². The number of rotatable bonds is 1. The number of nitrogens with zero attached hydrogens (tertiary/aromatic N) is 3. The highest BCUT2D eigenvalue weighted by Gasteiger charge is 2.08. The fourth-order valence-corrected chi connectivity index (χ4v) is 1.96. The summed E-state index contributed by atoms with van der Waals surface area (Å²) in [6, 6.07) is 0. The molecule has 1 N–H and O–H groups in total. The average Bonchev–Trinajstić information content (AvgIpc) is 2.48. The molecule has 0 bridgehead atoms. The van der Waals surface area contributed by atoms with Crippen LogP contribution in [0.15, 0.2) is 0 Å². The Kier molecular flexibility index (Phi) is 1.88. The molecule has 2 aromatic rings. The highest BCUT2D eigenvalue weighted by Crippen LogP contribution is 2.23. The molecule has 0 aliphatic rings. The molecule has 2 aromatic heterocycles. The lowest BCUT2D eigenvalue weighted by Crippen LogP contribution is -1.97. The minimum absolute atomic E-state index is 0.660. The minimum atomic E-state index is 0.660. The van der Waals surface area contributed by atoms with Gasteiger partial charge in [-0.2, -0.15) is 4.37 Å². The molecule has 0 saturated carbocycles. The summed E-state index contributed by atoms with van der Waals surface area (Å²) in [5.74, 6) is 0.660. The summed E-state index contributed by atoms with van der Waals surface area (Å²) >= 11 is 1.46. The molecular formula is C8H10N4S. The van der Waals surface area contributed by atoms with Crippen LogP contribution in [0.1, 0.15) is 11.4 Å². The van der Waals surface area contributed by atoms with E-state index in [9.17, 15) is 0 Å². The van der Waals surface area contributed by atoms with Crippen LogP contribution in [-0.4, -0.2) is 21.4 Å². The number of anilines is 1. The molecule has 0 fully saturated rings. The lowest BCUT2D eigenvalue weighted by Gasteiger charge is -1.99. The van der Waals surface area contributed by atoms with Crippen molar-refractivity contribution in [3.05, 3.63) is 11.4 Å². The van der Waals surface area contributed by atoms with Gasteiger partial charge in [-0.05, 0) is 25.4 Å².